The van der Waals surface area contributed by atoms with Crippen molar-refractivity contribution >= 4 is 12.1 Å². The molecule has 0 unspecified atom stereocenters. The molecule has 0 radical (unpaired) electrons. The van der Waals surface area contributed by atoms with Gasteiger partial charge in [0, 0.05) is 6.42 Å². The minimum Gasteiger partial charge on any atom is -0.295 e. The van der Waals surface area contributed by atoms with Gasteiger partial charge in [0.15, 0.2) is 12.1 Å². The first-order valence-electron chi connectivity index (χ1n) is 4.94. The summed E-state index contributed by atoms with van der Waals surface area (Å²) in [5, 5.41) is 0. The van der Waals surface area contributed by atoms with Crippen molar-refractivity contribution in [2.45, 2.75) is 45.4 Å². The lowest BCUT2D eigenvalue weighted by molar-refractivity contribution is -0.129. The van der Waals surface area contributed by atoms with Gasteiger partial charge < -0.3 is 0 Å². The molecule has 13 heavy (non-hydrogen) atoms. The number of hydrogen-bond donors (Lipinski definition) is 0. The molecule has 0 aliphatic heterocycles. The van der Waals surface area contributed by atoms with Crippen LogP contribution in [0.3, 0.4) is 0 Å². The first-order valence-corrected chi connectivity index (χ1v) is 4.94. The largest absolute Gasteiger partial charge is 0.295 e. The fourth-order valence-corrected chi connectivity index (χ4v) is 1.02. The van der Waals surface area contributed by atoms with E-state index >= 15 is 0 Å². The van der Waals surface area contributed by atoms with E-state index in [2.05, 4.69) is 19.1 Å². The number of Topliss-reactive ketones (excluding diaryl/α,β-unsaturated/α-hetero) is 1. The van der Waals surface area contributed by atoms with Gasteiger partial charge in [-0.1, -0.05) is 25.5 Å². The number of ketones is 1. The second-order valence-electron chi connectivity index (χ2n) is 3.09. The highest BCUT2D eigenvalue weighted by Crippen LogP contribution is 2.01. The third kappa shape index (κ3) is 8.99. The Labute approximate surface area is 80.0 Å². The molecule has 0 aromatic carbocycles. The van der Waals surface area contributed by atoms with Crippen molar-refractivity contribution in [2.24, 2.45) is 0 Å². The van der Waals surface area contributed by atoms with Crippen molar-refractivity contribution in [3.8, 4) is 0 Å². The van der Waals surface area contributed by atoms with Crippen LogP contribution in [0.5, 0.6) is 0 Å². The average Bonchev–Trinajstić information content (AvgIpc) is 2.16. The lowest BCUT2D eigenvalue weighted by atomic mass is 10.1. The Hall–Kier alpha value is -0.920. The summed E-state index contributed by atoms with van der Waals surface area (Å²) in [6, 6.07) is 0. The van der Waals surface area contributed by atoms with Gasteiger partial charge in [-0.05, 0) is 25.7 Å². The molecule has 0 saturated heterocycles. The fourth-order valence-electron chi connectivity index (χ4n) is 1.02. The van der Waals surface area contributed by atoms with Crippen molar-refractivity contribution < 1.29 is 9.59 Å². The third-order valence-corrected chi connectivity index (χ3v) is 1.80. The number of carbonyl (C=O) groups excluding carboxylic acids is 2. The molecule has 2 heteroatoms. The molecule has 0 aliphatic rings. The Morgan fingerprint density at radius 3 is 2.46 bits per heavy atom. The van der Waals surface area contributed by atoms with Gasteiger partial charge in [-0.25, -0.2) is 0 Å². The zero-order valence-electron chi connectivity index (χ0n) is 8.29. The second kappa shape index (κ2) is 9.17. The first kappa shape index (κ1) is 12.1. The van der Waals surface area contributed by atoms with Gasteiger partial charge in [0.2, 0.25) is 0 Å². The van der Waals surface area contributed by atoms with Crippen molar-refractivity contribution in [1.29, 1.82) is 0 Å². The van der Waals surface area contributed by atoms with Crippen LogP contribution in [0.2, 0.25) is 0 Å². The van der Waals surface area contributed by atoms with Crippen LogP contribution in [0, 0.1) is 0 Å². The molecule has 0 atom stereocenters. The summed E-state index contributed by atoms with van der Waals surface area (Å²) in [4.78, 5) is 20.5. The van der Waals surface area contributed by atoms with Gasteiger partial charge in [-0.15, -0.1) is 0 Å². The highest BCUT2D eigenvalue weighted by Gasteiger charge is 1.96. The van der Waals surface area contributed by atoms with Crippen LogP contribution in [0.15, 0.2) is 12.2 Å². The number of aldehydes is 1. The van der Waals surface area contributed by atoms with Crippen LogP contribution < -0.4 is 0 Å². The molecule has 0 aliphatic carbocycles. The van der Waals surface area contributed by atoms with Gasteiger partial charge in [0.25, 0.3) is 0 Å². The Balaban J connectivity index is 3.16. The first-order chi connectivity index (χ1) is 6.31. The number of hydrogen-bond acceptors (Lipinski definition) is 2. The topological polar surface area (TPSA) is 34.1 Å². The maximum atomic E-state index is 10.6. The highest BCUT2D eigenvalue weighted by atomic mass is 16.2. The Morgan fingerprint density at radius 1 is 1.15 bits per heavy atom. The van der Waals surface area contributed by atoms with E-state index in [1.807, 2.05) is 0 Å². The van der Waals surface area contributed by atoms with Gasteiger partial charge in [-0.3, -0.25) is 9.59 Å². The summed E-state index contributed by atoms with van der Waals surface area (Å²) in [6.07, 6.45) is 10.3. The summed E-state index contributed by atoms with van der Waals surface area (Å²) >= 11 is 0. The molecular weight excluding hydrogens is 164 g/mol. The molecular formula is C11H18O2. The van der Waals surface area contributed by atoms with Gasteiger partial charge in [-0.2, -0.15) is 0 Å². The van der Waals surface area contributed by atoms with Crippen molar-refractivity contribution in [3.05, 3.63) is 12.2 Å². The van der Waals surface area contributed by atoms with Crippen molar-refractivity contribution in [1.82, 2.24) is 0 Å². The van der Waals surface area contributed by atoms with Crippen LogP contribution in [0.1, 0.15) is 45.4 Å². The Kier molecular flexibility index (Phi) is 8.52. The van der Waals surface area contributed by atoms with Crippen LogP contribution in [-0.4, -0.2) is 12.1 Å². The summed E-state index contributed by atoms with van der Waals surface area (Å²) in [5.41, 5.74) is 0. The minimum absolute atomic E-state index is 0.280. The van der Waals surface area contributed by atoms with Gasteiger partial charge >= 0.3 is 0 Å². The lowest BCUT2D eigenvalue weighted by Crippen LogP contribution is -1.97. The van der Waals surface area contributed by atoms with Gasteiger partial charge in [0.05, 0.1) is 0 Å². The molecule has 0 aromatic heterocycles. The summed E-state index contributed by atoms with van der Waals surface area (Å²) in [6.45, 7) is 2.15. The van der Waals surface area contributed by atoms with E-state index < -0.39 is 0 Å². The van der Waals surface area contributed by atoms with E-state index in [-0.39, 0.29) is 5.78 Å². The number of unbranched alkanes of at least 4 members (excludes halogenated alkanes) is 3. The van der Waals surface area contributed by atoms with Crippen molar-refractivity contribution in [2.75, 3.05) is 0 Å². The standard InChI is InChI=1S/C11H18O2/c1-2-3-4-5-6-7-8-9-11(13)10-12/h4-5,10H,2-3,6-9H2,1H3. The van der Waals surface area contributed by atoms with Crippen LogP contribution in [0.25, 0.3) is 0 Å². The molecule has 0 amide bonds. The molecule has 0 spiro atoms. The molecule has 0 saturated carbocycles. The number of allylic oxidation sites excluding steroid dienone is 2. The van der Waals surface area contributed by atoms with E-state index in [9.17, 15) is 9.59 Å². The van der Waals surface area contributed by atoms with E-state index in [1.54, 1.807) is 0 Å². The molecule has 74 valence electrons. The van der Waals surface area contributed by atoms with Gasteiger partial charge in [0.1, 0.15) is 0 Å². The second-order valence-corrected chi connectivity index (χ2v) is 3.09. The summed E-state index contributed by atoms with van der Waals surface area (Å²) in [5.74, 6) is -0.280. The van der Waals surface area contributed by atoms with Crippen LogP contribution >= 0.6 is 0 Å². The summed E-state index contributed by atoms with van der Waals surface area (Å²) in [7, 11) is 0. The maximum Gasteiger partial charge on any atom is 0.195 e. The Bertz CT molecular complexity index is 171. The molecule has 0 N–H and O–H groups in total. The normalized spacial score (nSPS) is 10.5. The average molecular weight is 182 g/mol. The predicted molar refractivity (Wildman–Crippen MR) is 53.6 cm³/mol. The SMILES string of the molecule is CCCC=CCCCCC(=O)C=O. The number of carbonyl (C=O) groups is 2. The van der Waals surface area contributed by atoms with Crippen molar-refractivity contribution in [3.63, 3.8) is 0 Å². The fraction of sp³-hybridized carbons (Fsp3) is 0.636. The predicted octanol–water partition coefficient (Wildman–Crippen LogP) is 2.67. The van der Waals surface area contributed by atoms with E-state index in [1.165, 1.54) is 6.42 Å². The number of rotatable bonds is 8. The molecule has 0 aromatic rings. The van der Waals surface area contributed by atoms with E-state index in [0.29, 0.717) is 12.7 Å². The minimum atomic E-state index is -0.280. The Morgan fingerprint density at radius 2 is 1.85 bits per heavy atom. The zero-order chi connectivity index (χ0) is 9.94. The monoisotopic (exact) mass is 182 g/mol. The zero-order valence-corrected chi connectivity index (χ0v) is 8.29. The smallest absolute Gasteiger partial charge is 0.195 e. The molecule has 0 bridgehead atoms. The van der Waals surface area contributed by atoms with Crippen LogP contribution in [-0.2, 0) is 9.59 Å². The third-order valence-electron chi connectivity index (χ3n) is 1.80. The van der Waals surface area contributed by atoms with Crippen LogP contribution in [0.4, 0.5) is 0 Å². The van der Waals surface area contributed by atoms with E-state index in [0.717, 1.165) is 25.7 Å². The molecule has 0 heterocycles. The molecule has 2 nitrogen and oxygen atoms in total. The lowest BCUT2D eigenvalue weighted by Gasteiger charge is -1.92. The highest BCUT2D eigenvalue weighted by molar-refractivity contribution is 6.24. The maximum absolute atomic E-state index is 10.6. The van der Waals surface area contributed by atoms with E-state index in [4.69, 9.17) is 0 Å². The molecule has 0 rings (SSSR count). The molecule has 0 fully saturated rings. The summed E-state index contributed by atoms with van der Waals surface area (Å²) < 4.78 is 0. The quantitative estimate of drug-likeness (QED) is 0.250.